The quantitative estimate of drug-likeness (QED) is 0.670. The summed E-state index contributed by atoms with van der Waals surface area (Å²) in [5.74, 6) is 1.12. The van der Waals surface area contributed by atoms with E-state index in [9.17, 15) is 0 Å². The molecule has 0 spiro atoms. The van der Waals surface area contributed by atoms with Gasteiger partial charge in [-0.1, -0.05) is 18.7 Å². The summed E-state index contributed by atoms with van der Waals surface area (Å²) in [6.45, 7) is 2.19. The van der Waals surface area contributed by atoms with Crippen LogP contribution in [0.1, 0.15) is 6.92 Å². The molecule has 0 saturated heterocycles. The number of aliphatic hydroxyl groups excluding tert-OH is 1. The second-order valence-corrected chi connectivity index (χ2v) is 3.67. The maximum atomic E-state index is 8.76. The number of aromatic nitrogens is 4. The molecule has 0 aromatic carbocycles. The number of aliphatic hydroxyl groups is 1. The molecule has 0 aliphatic rings. The number of tetrazole rings is 1. The highest BCUT2D eigenvalue weighted by atomic mass is 32.2. The van der Waals surface area contributed by atoms with E-state index in [4.69, 9.17) is 5.11 Å². The van der Waals surface area contributed by atoms with E-state index >= 15 is 0 Å². The van der Waals surface area contributed by atoms with Crippen LogP contribution >= 0.6 is 11.8 Å². The minimum atomic E-state index is 0.207. The maximum Gasteiger partial charge on any atom is 0.209 e. The first-order valence-electron chi connectivity index (χ1n) is 3.70. The zero-order chi connectivity index (χ0) is 8.97. The van der Waals surface area contributed by atoms with Crippen molar-refractivity contribution in [1.82, 2.24) is 20.2 Å². The van der Waals surface area contributed by atoms with Crippen LogP contribution < -0.4 is 0 Å². The van der Waals surface area contributed by atoms with E-state index in [1.165, 1.54) is 0 Å². The molecule has 6 heteroatoms. The van der Waals surface area contributed by atoms with Crippen molar-refractivity contribution in [2.45, 2.75) is 12.1 Å². The van der Waals surface area contributed by atoms with Crippen LogP contribution in [0.2, 0.25) is 0 Å². The maximum absolute atomic E-state index is 8.76. The fourth-order valence-electron chi connectivity index (χ4n) is 0.613. The molecule has 1 aromatic rings. The normalized spacial score (nSPS) is 13.2. The molecular weight excluding hydrogens is 176 g/mol. The van der Waals surface area contributed by atoms with Crippen molar-refractivity contribution in [2.75, 3.05) is 12.4 Å². The molecule has 1 atom stereocenters. The Kier molecular flexibility index (Phi) is 3.48. The Hall–Kier alpha value is -0.620. The van der Waals surface area contributed by atoms with Gasteiger partial charge in [0.05, 0.1) is 0 Å². The molecule has 1 rings (SSSR count). The van der Waals surface area contributed by atoms with Gasteiger partial charge in [0, 0.05) is 19.4 Å². The summed E-state index contributed by atoms with van der Waals surface area (Å²) in [5.41, 5.74) is 0. The molecule has 12 heavy (non-hydrogen) atoms. The molecule has 5 nitrogen and oxygen atoms in total. The molecular formula is C6H12N4OS. The molecule has 1 heterocycles. The average Bonchev–Trinajstić information content (AvgIpc) is 2.47. The predicted octanol–water partition coefficient (Wildman–Crippen LogP) is -0.0694. The van der Waals surface area contributed by atoms with Crippen LogP contribution in [0.25, 0.3) is 0 Å². The lowest BCUT2D eigenvalue weighted by atomic mass is 10.2. The second kappa shape index (κ2) is 4.42. The molecule has 0 fully saturated rings. The lowest BCUT2D eigenvalue weighted by Gasteiger charge is -2.04. The van der Waals surface area contributed by atoms with Gasteiger partial charge in [-0.15, -0.1) is 5.10 Å². The smallest absolute Gasteiger partial charge is 0.209 e. The topological polar surface area (TPSA) is 63.8 Å². The fraction of sp³-hybridized carbons (Fsp3) is 0.833. The van der Waals surface area contributed by atoms with Gasteiger partial charge in [0.1, 0.15) is 0 Å². The van der Waals surface area contributed by atoms with Crippen molar-refractivity contribution in [3.05, 3.63) is 0 Å². The molecule has 68 valence electrons. The number of thioether (sulfide) groups is 1. The SMILES string of the molecule is CC(CO)CSc1nnnn1C. The summed E-state index contributed by atoms with van der Waals surface area (Å²) in [6.07, 6.45) is 0. The highest BCUT2D eigenvalue weighted by Gasteiger charge is 2.05. The zero-order valence-electron chi connectivity index (χ0n) is 7.14. The minimum Gasteiger partial charge on any atom is -0.396 e. The van der Waals surface area contributed by atoms with Crippen molar-refractivity contribution in [3.63, 3.8) is 0 Å². The van der Waals surface area contributed by atoms with Crippen molar-refractivity contribution in [1.29, 1.82) is 0 Å². The monoisotopic (exact) mass is 188 g/mol. The largest absolute Gasteiger partial charge is 0.396 e. The molecule has 0 radical (unpaired) electrons. The Bertz CT molecular complexity index is 239. The third-order valence-electron chi connectivity index (χ3n) is 1.39. The van der Waals surface area contributed by atoms with E-state index in [2.05, 4.69) is 15.5 Å². The van der Waals surface area contributed by atoms with Crippen LogP contribution in [0.4, 0.5) is 0 Å². The molecule has 1 aromatic heterocycles. The Morgan fingerprint density at radius 2 is 2.42 bits per heavy atom. The Labute approximate surface area is 75.2 Å². The summed E-state index contributed by atoms with van der Waals surface area (Å²) in [5, 5.41) is 20.6. The summed E-state index contributed by atoms with van der Waals surface area (Å²) in [7, 11) is 1.80. The third kappa shape index (κ3) is 2.46. The molecule has 1 N–H and O–H groups in total. The number of nitrogens with zero attached hydrogens (tertiary/aromatic N) is 4. The van der Waals surface area contributed by atoms with Gasteiger partial charge in [0.15, 0.2) is 0 Å². The molecule has 0 aliphatic heterocycles. The highest BCUT2D eigenvalue weighted by molar-refractivity contribution is 7.99. The van der Waals surface area contributed by atoms with Gasteiger partial charge in [-0.2, -0.15) is 0 Å². The van der Waals surface area contributed by atoms with Crippen LogP contribution in [0.5, 0.6) is 0 Å². The van der Waals surface area contributed by atoms with Crippen molar-refractivity contribution in [3.8, 4) is 0 Å². The molecule has 0 bridgehead atoms. The first-order valence-corrected chi connectivity index (χ1v) is 4.68. The highest BCUT2D eigenvalue weighted by Crippen LogP contribution is 2.15. The first kappa shape index (κ1) is 9.47. The number of hydrogen-bond acceptors (Lipinski definition) is 5. The minimum absolute atomic E-state index is 0.207. The van der Waals surface area contributed by atoms with Gasteiger partial charge in [-0.05, 0) is 16.3 Å². The van der Waals surface area contributed by atoms with Gasteiger partial charge >= 0.3 is 0 Å². The summed E-state index contributed by atoms with van der Waals surface area (Å²) in [6, 6.07) is 0. The van der Waals surface area contributed by atoms with Crippen LogP contribution in [0, 0.1) is 5.92 Å². The van der Waals surface area contributed by atoms with Crippen molar-refractivity contribution >= 4 is 11.8 Å². The van der Waals surface area contributed by atoms with E-state index in [1.807, 2.05) is 6.92 Å². The fourth-order valence-corrected chi connectivity index (χ4v) is 1.47. The van der Waals surface area contributed by atoms with Gasteiger partial charge in [-0.3, -0.25) is 0 Å². The lowest BCUT2D eigenvalue weighted by Crippen LogP contribution is -2.04. The van der Waals surface area contributed by atoms with E-state index in [-0.39, 0.29) is 12.5 Å². The molecule has 0 aliphatic carbocycles. The van der Waals surface area contributed by atoms with Gasteiger partial charge in [0.2, 0.25) is 5.16 Å². The van der Waals surface area contributed by atoms with Gasteiger partial charge in [0.25, 0.3) is 0 Å². The molecule has 0 amide bonds. The zero-order valence-corrected chi connectivity index (χ0v) is 7.95. The lowest BCUT2D eigenvalue weighted by molar-refractivity contribution is 0.250. The Morgan fingerprint density at radius 1 is 1.67 bits per heavy atom. The number of rotatable bonds is 4. The van der Waals surface area contributed by atoms with Gasteiger partial charge in [-0.25, -0.2) is 4.68 Å². The van der Waals surface area contributed by atoms with Crippen LogP contribution in [0.15, 0.2) is 5.16 Å². The standard InChI is InChI=1S/C6H12N4OS/c1-5(3-11)4-12-6-7-8-9-10(6)2/h5,11H,3-4H2,1-2H3. The predicted molar refractivity (Wildman–Crippen MR) is 45.8 cm³/mol. The van der Waals surface area contributed by atoms with Crippen molar-refractivity contribution < 1.29 is 5.11 Å². The third-order valence-corrected chi connectivity index (χ3v) is 2.73. The Morgan fingerprint density at radius 3 is 2.92 bits per heavy atom. The first-order chi connectivity index (χ1) is 5.74. The average molecular weight is 188 g/mol. The second-order valence-electron chi connectivity index (χ2n) is 2.68. The van der Waals surface area contributed by atoms with E-state index in [1.54, 1.807) is 23.5 Å². The van der Waals surface area contributed by atoms with Gasteiger partial charge < -0.3 is 5.11 Å². The molecule has 1 unspecified atom stereocenters. The van der Waals surface area contributed by atoms with Crippen molar-refractivity contribution in [2.24, 2.45) is 13.0 Å². The number of aryl methyl sites for hydroxylation is 1. The summed E-state index contributed by atoms with van der Waals surface area (Å²) >= 11 is 1.55. The van der Waals surface area contributed by atoms with E-state index in [0.717, 1.165) is 10.9 Å². The molecule has 0 saturated carbocycles. The van der Waals surface area contributed by atoms with Crippen LogP contribution in [0.3, 0.4) is 0 Å². The van der Waals surface area contributed by atoms with Crippen LogP contribution in [-0.4, -0.2) is 37.7 Å². The summed E-state index contributed by atoms with van der Waals surface area (Å²) in [4.78, 5) is 0. The summed E-state index contributed by atoms with van der Waals surface area (Å²) < 4.78 is 1.62. The van der Waals surface area contributed by atoms with Crippen LogP contribution in [-0.2, 0) is 7.05 Å². The van der Waals surface area contributed by atoms with E-state index in [0.29, 0.717) is 0 Å². The van der Waals surface area contributed by atoms with E-state index < -0.39 is 0 Å². The Balaban J connectivity index is 2.38. The number of hydrogen-bond donors (Lipinski definition) is 1.